The molecule has 0 aliphatic rings. The first-order valence-corrected chi connectivity index (χ1v) is 3.82. The van der Waals surface area contributed by atoms with Gasteiger partial charge >= 0.3 is 0 Å². The Labute approximate surface area is 75.1 Å². The summed E-state index contributed by atoms with van der Waals surface area (Å²) in [6, 6.07) is 3.38. The number of nitrogens with one attached hydrogen (secondary N) is 1. The molecule has 0 atom stereocenters. The van der Waals surface area contributed by atoms with Crippen molar-refractivity contribution in [2.24, 2.45) is 5.73 Å². The summed E-state index contributed by atoms with van der Waals surface area (Å²) in [6.45, 7) is 0. The molecule has 1 heterocycles. The summed E-state index contributed by atoms with van der Waals surface area (Å²) < 4.78 is 0. The van der Waals surface area contributed by atoms with Gasteiger partial charge in [-0.25, -0.2) is 0 Å². The summed E-state index contributed by atoms with van der Waals surface area (Å²) in [7, 11) is 0. The van der Waals surface area contributed by atoms with E-state index in [0.29, 0.717) is 5.56 Å². The molecule has 0 radical (unpaired) electrons. The molecule has 1 aromatic rings. The highest BCUT2D eigenvalue weighted by molar-refractivity contribution is 5.76. The molecule has 4 nitrogen and oxygen atoms in total. The van der Waals surface area contributed by atoms with Gasteiger partial charge in [0.25, 0.3) is 5.56 Å². The lowest BCUT2D eigenvalue weighted by molar-refractivity contribution is -0.117. The predicted molar refractivity (Wildman–Crippen MR) is 49.9 cm³/mol. The van der Waals surface area contributed by atoms with Crippen LogP contribution in [0.3, 0.4) is 0 Å². The number of aromatic nitrogens is 1. The van der Waals surface area contributed by atoms with Crippen LogP contribution in [0.2, 0.25) is 0 Å². The van der Waals surface area contributed by atoms with E-state index in [0.717, 1.165) is 0 Å². The SMILES string of the molecule is NC(=O)CC=Cc1ccc[nH]c1=O. The van der Waals surface area contributed by atoms with Crippen LogP contribution in [0.5, 0.6) is 0 Å². The number of nitrogens with two attached hydrogens (primary N) is 1. The molecule has 4 heteroatoms. The minimum absolute atomic E-state index is 0.147. The molecular formula is C9H10N2O2. The van der Waals surface area contributed by atoms with Gasteiger partial charge in [0, 0.05) is 18.2 Å². The number of carbonyl (C=O) groups is 1. The third-order valence-corrected chi connectivity index (χ3v) is 1.47. The zero-order valence-electron chi connectivity index (χ0n) is 6.99. The van der Waals surface area contributed by atoms with E-state index in [1.54, 1.807) is 30.5 Å². The maximum atomic E-state index is 11.1. The molecule has 0 fully saturated rings. The van der Waals surface area contributed by atoms with Crippen LogP contribution in [0.25, 0.3) is 6.08 Å². The van der Waals surface area contributed by atoms with Crippen LogP contribution in [0, 0.1) is 0 Å². The summed E-state index contributed by atoms with van der Waals surface area (Å²) in [5, 5.41) is 0. The van der Waals surface area contributed by atoms with Gasteiger partial charge in [0.15, 0.2) is 0 Å². The molecule has 13 heavy (non-hydrogen) atoms. The molecule has 1 rings (SSSR count). The summed E-state index contributed by atoms with van der Waals surface area (Å²) in [5.74, 6) is -0.413. The largest absolute Gasteiger partial charge is 0.369 e. The lowest BCUT2D eigenvalue weighted by Gasteiger charge is -1.89. The Bertz CT molecular complexity index is 379. The fraction of sp³-hybridized carbons (Fsp3) is 0.111. The van der Waals surface area contributed by atoms with Gasteiger partial charge in [-0.15, -0.1) is 0 Å². The molecule has 0 unspecified atom stereocenters. The first kappa shape index (κ1) is 9.25. The van der Waals surface area contributed by atoms with Gasteiger partial charge in [0.2, 0.25) is 5.91 Å². The van der Waals surface area contributed by atoms with Crippen molar-refractivity contribution in [1.29, 1.82) is 0 Å². The molecule has 68 valence electrons. The van der Waals surface area contributed by atoms with E-state index in [1.165, 1.54) is 0 Å². The maximum absolute atomic E-state index is 11.1. The number of aromatic amines is 1. The van der Waals surface area contributed by atoms with E-state index in [9.17, 15) is 9.59 Å². The highest BCUT2D eigenvalue weighted by atomic mass is 16.1. The van der Waals surface area contributed by atoms with Crippen molar-refractivity contribution in [1.82, 2.24) is 4.98 Å². The van der Waals surface area contributed by atoms with Crippen LogP contribution in [0.15, 0.2) is 29.2 Å². The number of primary amides is 1. The molecule has 0 bridgehead atoms. The lowest BCUT2D eigenvalue weighted by Crippen LogP contribution is -2.09. The minimum Gasteiger partial charge on any atom is -0.369 e. The van der Waals surface area contributed by atoms with Crippen LogP contribution in [0.4, 0.5) is 0 Å². The molecule has 0 aromatic carbocycles. The molecular weight excluding hydrogens is 168 g/mol. The Kier molecular flexibility index (Phi) is 3.03. The van der Waals surface area contributed by atoms with E-state index in [4.69, 9.17) is 5.73 Å². The number of H-pyrrole nitrogens is 1. The number of carbonyl (C=O) groups excluding carboxylic acids is 1. The number of hydrogen-bond donors (Lipinski definition) is 2. The molecule has 1 amide bonds. The Morgan fingerprint density at radius 1 is 1.62 bits per heavy atom. The number of rotatable bonds is 3. The van der Waals surface area contributed by atoms with Crippen molar-refractivity contribution >= 4 is 12.0 Å². The van der Waals surface area contributed by atoms with E-state index >= 15 is 0 Å². The van der Waals surface area contributed by atoms with Gasteiger partial charge in [-0.05, 0) is 12.1 Å². The Balaban J connectivity index is 2.75. The third-order valence-electron chi connectivity index (χ3n) is 1.47. The van der Waals surface area contributed by atoms with Crippen molar-refractivity contribution in [2.75, 3.05) is 0 Å². The summed E-state index contributed by atoms with van der Waals surface area (Å²) in [5.41, 5.74) is 5.26. The van der Waals surface area contributed by atoms with Gasteiger partial charge in [-0.2, -0.15) is 0 Å². The van der Waals surface area contributed by atoms with Gasteiger partial charge in [0.1, 0.15) is 0 Å². The average molecular weight is 178 g/mol. The van der Waals surface area contributed by atoms with Crippen molar-refractivity contribution in [2.45, 2.75) is 6.42 Å². The van der Waals surface area contributed by atoms with Crippen LogP contribution >= 0.6 is 0 Å². The first-order chi connectivity index (χ1) is 6.20. The van der Waals surface area contributed by atoms with E-state index < -0.39 is 5.91 Å². The van der Waals surface area contributed by atoms with Crippen LogP contribution in [-0.4, -0.2) is 10.9 Å². The number of hydrogen-bond acceptors (Lipinski definition) is 2. The van der Waals surface area contributed by atoms with Gasteiger partial charge in [-0.3, -0.25) is 9.59 Å². The monoisotopic (exact) mass is 178 g/mol. The molecule has 0 spiro atoms. The van der Waals surface area contributed by atoms with E-state index in [2.05, 4.69) is 4.98 Å². The summed E-state index contributed by atoms with van der Waals surface area (Å²) in [6.07, 6.45) is 4.83. The molecule has 0 saturated carbocycles. The second-order valence-electron chi connectivity index (χ2n) is 2.53. The smallest absolute Gasteiger partial charge is 0.255 e. The highest BCUT2D eigenvalue weighted by Crippen LogP contribution is 1.94. The molecule has 0 saturated heterocycles. The quantitative estimate of drug-likeness (QED) is 0.696. The Morgan fingerprint density at radius 3 is 3.00 bits per heavy atom. The fourth-order valence-corrected chi connectivity index (χ4v) is 0.868. The number of amides is 1. The van der Waals surface area contributed by atoms with E-state index in [1.807, 2.05) is 0 Å². The molecule has 0 aliphatic heterocycles. The second kappa shape index (κ2) is 4.25. The van der Waals surface area contributed by atoms with Crippen LogP contribution in [-0.2, 0) is 4.79 Å². The average Bonchev–Trinajstić information content (AvgIpc) is 2.08. The van der Waals surface area contributed by atoms with Crippen LogP contribution in [0.1, 0.15) is 12.0 Å². The normalized spacial score (nSPS) is 10.5. The maximum Gasteiger partial charge on any atom is 0.255 e. The third kappa shape index (κ3) is 2.94. The van der Waals surface area contributed by atoms with Gasteiger partial charge in [-0.1, -0.05) is 12.2 Å². The molecule has 1 aromatic heterocycles. The van der Waals surface area contributed by atoms with Crippen LogP contribution < -0.4 is 11.3 Å². The van der Waals surface area contributed by atoms with Crippen molar-refractivity contribution in [3.8, 4) is 0 Å². The predicted octanol–water partition coefficient (Wildman–Crippen LogP) is 0.263. The lowest BCUT2D eigenvalue weighted by atomic mass is 10.2. The highest BCUT2D eigenvalue weighted by Gasteiger charge is 1.92. The summed E-state index contributed by atoms with van der Waals surface area (Å²) >= 11 is 0. The summed E-state index contributed by atoms with van der Waals surface area (Å²) in [4.78, 5) is 23.9. The second-order valence-corrected chi connectivity index (χ2v) is 2.53. The standard InChI is InChI=1S/C9H10N2O2/c10-8(12)5-1-3-7-4-2-6-11-9(7)13/h1-4,6H,5H2,(H2,10,12)(H,11,13). The van der Waals surface area contributed by atoms with Crippen molar-refractivity contribution in [3.05, 3.63) is 40.3 Å². The minimum atomic E-state index is -0.413. The van der Waals surface area contributed by atoms with Crippen molar-refractivity contribution < 1.29 is 4.79 Å². The van der Waals surface area contributed by atoms with Gasteiger partial charge in [0.05, 0.1) is 0 Å². The van der Waals surface area contributed by atoms with Crippen molar-refractivity contribution in [3.63, 3.8) is 0 Å². The zero-order valence-corrected chi connectivity index (χ0v) is 6.99. The fourth-order valence-electron chi connectivity index (χ4n) is 0.868. The first-order valence-electron chi connectivity index (χ1n) is 3.82. The Hall–Kier alpha value is -1.84. The topological polar surface area (TPSA) is 76.0 Å². The number of pyridine rings is 1. The zero-order chi connectivity index (χ0) is 9.68. The van der Waals surface area contributed by atoms with E-state index in [-0.39, 0.29) is 12.0 Å². The molecule has 0 aliphatic carbocycles. The Morgan fingerprint density at radius 2 is 2.38 bits per heavy atom. The van der Waals surface area contributed by atoms with Gasteiger partial charge < -0.3 is 10.7 Å². The molecule has 3 N–H and O–H groups in total.